The average Bonchev–Trinajstić information content (AvgIpc) is 2.37. The summed E-state index contributed by atoms with van der Waals surface area (Å²) in [7, 11) is 0. The standard InChI is InChI=1S/C14H11ClN2O4/c1-8-4-10(15)7-11(5-8)21-13-3-2-9(14(16)18)6-12(13)17(19)20/h2-7H,1H3,(H2,16,18). The maximum absolute atomic E-state index is 11.1. The molecule has 0 aliphatic carbocycles. The molecule has 0 aromatic heterocycles. The molecule has 7 heteroatoms. The molecule has 2 aromatic rings. The number of rotatable bonds is 4. The molecule has 0 atom stereocenters. The molecule has 0 aliphatic heterocycles. The van der Waals surface area contributed by atoms with Crippen molar-refractivity contribution in [3.63, 3.8) is 0 Å². The number of carbonyl (C=O) groups is 1. The Morgan fingerprint density at radius 2 is 2.00 bits per heavy atom. The molecule has 6 nitrogen and oxygen atoms in total. The number of aryl methyl sites for hydroxylation is 1. The Balaban J connectivity index is 2.43. The normalized spacial score (nSPS) is 10.2. The number of amides is 1. The number of halogens is 1. The van der Waals surface area contributed by atoms with Crippen molar-refractivity contribution in [2.24, 2.45) is 5.73 Å². The summed E-state index contributed by atoms with van der Waals surface area (Å²) in [5.74, 6) is -0.371. The summed E-state index contributed by atoms with van der Waals surface area (Å²) in [5.41, 5.74) is 5.66. The van der Waals surface area contributed by atoms with Crippen LogP contribution in [-0.4, -0.2) is 10.8 Å². The van der Waals surface area contributed by atoms with E-state index in [0.717, 1.165) is 11.6 Å². The second kappa shape index (κ2) is 5.80. The summed E-state index contributed by atoms with van der Waals surface area (Å²) in [5, 5.41) is 11.5. The van der Waals surface area contributed by atoms with E-state index in [-0.39, 0.29) is 17.0 Å². The molecule has 0 unspecified atom stereocenters. The lowest BCUT2D eigenvalue weighted by Gasteiger charge is -2.08. The van der Waals surface area contributed by atoms with E-state index in [1.54, 1.807) is 18.2 Å². The topological polar surface area (TPSA) is 95.5 Å². The Labute approximate surface area is 125 Å². The van der Waals surface area contributed by atoms with E-state index in [1.807, 2.05) is 6.92 Å². The van der Waals surface area contributed by atoms with E-state index < -0.39 is 10.8 Å². The molecular weight excluding hydrogens is 296 g/mol. The van der Waals surface area contributed by atoms with Gasteiger partial charge < -0.3 is 10.5 Å². The van der Waals surface area contributed by atoms with Crippen LogP contribution in [0.1, 0.15) is 15.9 Å². The molecule has 2 rings (SSSR count). The highest BCUT2D eigenvalue weighted by Crippen LogP contribution is 2.33. The number of nitrogens with two attached hydrogens (primary N) is 1. The molecule has 0 heterocycles. The van der Waals surface area contributed by atoms with Crippen molar-refractivity contribution < 1.29 is 14.5 Å². The molecule has 0 bridgehead atoms. The fourth-order valence-electron chi connectivity index (χ4n) is 1.79. The van der Waals surface area contributed by atoms with Gasteiger partial charge in [0.15, 0.2) is 0 Å². The molecule has 2 aromatic carbocycles. The number of hydrogen-bond donors (Lipinski definition) is 1. The van der Waals surface area contributed by atoms with Crippen LogP contribution >= 0.6 is 11.6 Å². The molecular formula is C14H11ClN2O4. The molecule has 0 saturated carbocycles. The number of primary amides is 1. The van der Waals surface area contributed by atoms with Crippen LogP contribution in [0.2, 0.25) is 5.02 Å². The SMILES string of the molecule is Cc1cc(Cl)cc(Oc2ccc(C(N)=O)cc2[N+](=O)[O-])c1. The van der Waals surface area contributed by atoms with Gasteiger partial charge in [0.2, 0.25) is 11.7 Å². The molecule has 2 N–H and O–H groups in total. The first kappa shape index (κ1) is 14.8. The van der Waals surface area contributed by atoms with E-state index in [0.29, 0.717) is 10.8 Å². The predicted molar refractivity (Wildman–Crippen MR) is 77.9 cm³/mol. The van der Waals surface area contributed by atoms with E-state index in [9.17, 15) is 14.9 Å². The van der Waals surface area contributed by atoms with Crippen LogP contribution in [0.3, 0.4) is 0 Å². The zero-order valence-electron chi connectivity index (χ0n) is 11.0. The summed E-state index contributed by atoms with van der Waals surface area (Å²) in [6, 6.07) is 8.74. The maximum Gasteiger partial charge on any atom is 0.312 e. The van der Waals surface area contributed by atoms with Gasteiger partial charge in [-0.1, -0.05) is 11.6 Å². The van der Waals surface area contributed by atoms with Gasteiger partial charge in [0.1, 0.15) is 5.75 Å². The summed E-state index contributed by atoms with van der Waals surface area (Å²) in [4.78, 5) is 21.5. The third-order valence-electron chi connectivity index (χ3n) is 2.68. The Morgan fingerprint density at radius 1 is 1.29 bits per heavy atom. The molecule has 0 radical (unpaired) electrons. The second-order valence-corrected chi connectivity index (χ2v) is 4.81. The van der Waals surface area contributed by atoms with E-state index in [2.05, 4.69) is 0 Å². The van der Waals surface area contributed by atoms with Crippen LogP contribution < -0.4 is 10.5 Å². The number of nitro groups is 1. The first-order valence-electron chi connectivity index (χ1n) is 5.90. The van der Waals surface area contributed by atoms with Crippen molar-refractivity contribution in [3.8, 4) is 11.5 Å². The fourth-order valence-corrected chi connectivity index (χ4v) is 2.07. The van der Waals surface area contributed by atoms with Crippen LogP contribution in [0.5, 0.6) is 11.5 Å². The predicted octanol–water partition coefficient (Wildman–Crippen LogP) is 3.45. The van der Waals surface area contributed by atoms with E-state index in [1.165, 1.54) is 12.1 Å². The van der Waals surface area contributed by atoms with Gasteiger partial charge in [0.05, 0.1) is 4.92 Å². The number of hydrogen-bond acceptors (Lipinski definition) is 4. The van der Waals surface area contributed by atoms with Gasteiger partial charge in [-0.3, -0.25) is 14.9 Å². The minimum Gasteiger partial charge on any atom is -0.450 e. The first-order valence-corrected chi connectivity index (χ1v) is 6.28. The van der Waals surface area contributed by atoms with Crippen LogP contribution in [0, 0.1) is 17.0 Å². The van der Waals surface area contributed by atoms with Crippen LogP contribution in [0.15, 0.2) is 36.4 Å². The summed E-state index contributed by atoms with van der Waals surface area (Å²) in [6.45, 7) is 1.82. The monoisotopic (exact) mass is 306 g/mol. The zero-order valence-corrected chi connectivity index (χ0v) is 11.8. The highest BCUT2D eigenvalue weighted by atomic mass is 35.5. The number of carbonyl (C=O) groups excluding carboxylic acids is 1. The highest BCUT2D eigenvalue weighted by molar-refractivity contribution is 6.30. The molecule has 0 saturated heterocycles. The smallest absolute Gasteiger partial charge is 0.312 e. The Hall–Kier alpha value is -2.60. The van der Waals surface area contributed by atoms with Gasteiger partial charge in [0, 0.05) is 16.7 Å². The van der Waals surface area contributed by atoms with Gasteiger partial charge in [-0.05, 0) is 42.8 Å². The summed E-state index contributed by atoms with van der Waals surface area (Å²) >= 11 is 5.91. The van der Waals surface area contributed by atoms with E-state index in [4.69, 9.17) is 22.1 Å². The van der Waals surface area contributed by atoms with Crippen molar-refractivity contribution in [2.45, 2.75) is 6.92 Å². The molecule has 1 amide bonds. The largest absolute Gasteiger partial charge is 0.450 e. The molecule has 0 fully saturated rings. The van der Waals surface area contributed by atoms with Crippen molar-refractivity contribution in [1.29, 1.82) is 0 Å². The minimum absolute atomic E-state index is 0.00617. The van der Waals surface area contributed by atoms with Crippen LogP contribution in [0.4, 0.5) is 5.69 Å². The third-order valence-corrected chi connectivity index (χ3v) is 2.90. The number of benzene rings is 2. The fraction of sp³-hybridized carbons (Fsp3) is 0.0714. The molecule has 21 heavy (non-hydrogen) atoms. The molecule has 0 spiro atoms. The first-order chi connectivity index (χ1) is 9.86. The lowest BCUT2D eigenvalue weighted by molar-refractivity contribution is -0.385. The molecule has 108 valence electrons. The van der Waals surface area contributed by atoms with Crippen molar-refractivity contribution >= 4 is 23.2 Å². The number of ether oxygens (including phenoxy) is 1. The van der Waals surface area contributed by atoms with Gasteiger partial charge in [-0.2, -0.15) is 0 Å². The van der Waals surface area contributed by atoms with E-state index >= 15 is 0 Å². The van der Waals surface area contributed by atoms with Gasteiger partial charge in [-0.15, -0.1) is 0 Å². The van der Waals surface area contributed by atoms with Crippen molar-refractivity contribution in [2.75, 3.05) is 0 Å². The van der Waals surface area contributed by atoms with Gasteiger partial charge in [-0.25, -0.2) is 0 Å². The minimum atomic E-state index is -0.747. The summed E-state index contributed by atoms with van der Waals surface area (Å²) in [6.07, 6.45) is 0. The second-order valence-electron chi connectivity index (χ2n) is 4.37. The molecule has 0 aliphatic rings. The quantitative estimate of drug-likeness (QED) is 0.691. The van der Waals surface area contributed by atoms with Gasteiger partial charge >= 0.3 is 5.69 Å². The Morgan fingerprint density at radius 3 is 2.57 bits per heavy atom. The third kappa shape index (κ3) is 3.49. The highest BCUT2D eigenvalue weighted by Gasteiger charge is 2.18. The lowest BCUT2D eigenvalue weighted by Crippen LogP contribution is -2.11. The van der Waals surface area contributed by atoms with Crippen LogP contribution in [0.25, 0.3) is 0 Å². The lowest BCUT2D eigenvalue weighted by atomic mass is 10.2. The van der Waals surface area contributed by atoms with Crippen molar-refractivity contribution in [3.05, 3.63) is 62.7 Å². The average molecular weight is 307 g/mol. The number of nitrogens with zero attached hydrogens (tertiary/aromatic N) is 1. The zero-order chi connectivity index (χ0) is 15.6. The van der Waals surface area contributed by atoms with Gasteiger partial charge in [0.25, 0.3) is 0 Å². The van der Waals surface area contributed by atoms with Crippen LogP contribution in [-0.2, 0) is 0 Å². The maximum atomic E-state index is 11.1. The Bertz CT molecular complexity index is 711. The Kier molecular flexibility index (Phi) is 4.09. The summed E-state index contributed by atoms with van der Waals surface area (Å²) < 4.78 is 5.49. The van der Waals surface area contributed by atoms with Crippen molar-refractivity contribution in [1.82, 2.24) is 0 Å². The number of nitro benzene ring substituents is 1.